The Morgan fingerprint density at radius 2 is 1.18 bits per heavy atom. The van der Waals surface area contributed by atoms with E-state index in [1.807, 2.05) is 0 Å². The van der Waals surface area contributed by atoms with E-state index in [-0.39, 0.29) is 24.0 Å². The fraction of sp³-hybridized carbons (Fsp3) is 0.200. The van der Waals surface area contributed by atoms with Gasteiger partial charge in [-0.1, -0.05) is 0 Å². The van der Waals surface area contributed by atoms with Gasteiger partial charge in [0.2, 0.25) is 0 Å². The van der Waals surface area contributed by atoms with E-state index in [1.165, 1.54) is 21.8 Å². The first-order chi connectivity index (χ1) is 7.84. The molecule has 2 aromatic rings. The van der Waals surface area contributed by atoms with Crippen LogP contribution >= 0.6 is 0 Å². The van der Waals surface area contributed by atoms with E-state index in [9.17, 15) is 0 Å². The first-order valence-corrected chi connectivity index (χ1v) is 9.73. The maximum absolute atomic E-state index is 2.47. The van der Waals surface area contributed by atoms with Crippen LogP contribution < -0.4 is 24.0 Å². The first-order valence-electron chi connectivity index (χ1n) is 5.60. The van der Waals surface area contributed by atoms with Crippen LogP contribution in [0.25, 0.3) is 11.1 Å². The number of halogens is 1. The summed E-state index contributed by atoms with van der Waals surface area (Å²) in [7, 11) is 0. The molecule has 17 heavy (non-hydrogen) atoms. The van der Waals surface area contributed by atoms with Gasteiger partial charge >= 0.3 is 101 Å². The molecular formula is C15H15ISe. The monoisotopic (exact) mass is 402 g/mol. The second-order valence-electron chi connectivity index (χ2n) is 4.38. The predicted molar refractivity (Wildman–Crippen MR) is 70.9 cm³/mol. The molecule has 88 valence electrons. The van der Waals surface area contributed by atoms with Gasteiger partial charge in [0.05, 0.1) is 0 Å². The molecule has 0 aliphatic carbocycles. The van der Waals surface area contributed by atoms with Crippen molar-refractivity contribution in [2.75, 3.05) is 0 Å². The molecule has 2 aromatic carbocycles. The summed E-state index contributed by atoms with van der Waals surface area (Å²) in [6.45, 7) is 0. The fourth-order valence-corrected chi connectivity index (χ4v) is 5.90. The van der Waals surface area contributed by atoms with Gasteiger partial charge in [0.15, 0.2) is 0 Å². The topological polar surface area (TPSA) is 0 Å². The van der Waals surface area contributed by atoms with E-state index in [4.69, 9.17) is 0 Å². The summed E-state index contributed by atoms with van der Waals surface area (Å²) in [4.78, 5) is 0. The minimum atomic E-state index is -0.478. The van der Waals surface area contributed by atoms with Gasteiger partial charge in [0.25, 0.3) is 0 Å². The number of rotatable bonds is 0. The van der Waals surface area contributed by atoms with E-state index < -0.39 is 13.9 Å². The molecule has 1 heterocycles. The van der Waals surface area contributed by atoms with Crippen molar-refractivity contribution in [2.45, 2.75) is 16.5 Å². The van der Waals surface area contributed by atoms with Gasteiger partial charge in [0.1, 0.15) is 0 Å². The molecule has 3 rings (SSSR count). The van der Waals surface area contributed by atoms with E-state index in [2.05, 4.69) is 54.4 Å². The van der Waals surface area contributed by atoms with Crippen LogP contribution in [0.1, 0.15) is 11.1 Å². The summed E-state index contributed by atoms with van der Waals surface area (Å²) in [6.07, 6.45) is 0. The Bertz CT molecular complexity index is 474. The average Bonchev–Trinajstić information content (AvgIpc) is 2.44. The third-order valence-corrected chi connectivity index (χ3v) is 6.50. The van der Waals surface area contributed by atoms with Crippen molar-refractivity contribution in [2.24, 2.45) is 0 Å². The smallest absolute Gasteiger partial charge is 1.00 e. The predicted octanol–water partition coefficient (Wildman–Crippen LogP) is 0.659. The summed E-state index contributed by atoms with van der Waals surface area (Å²) >= 11 is -0.478. The van der Waals surface area contributed by atoms with Crippen LogP contribution in [-0.2, 0) is 10.6 Å². The number of fused-ring (bicyclic) bond motifs is 3. The molecule has 0 spiro atoms. The molecular weight excluding hydrogens is 386 g/mol. The quantitative estimate of drug-likeness (QED) is 0.450. The van der Waals surface area contributed by atoms with Gasteiger partial charge in [-0.2, -0.15) is 0 Å². The molecule has 1 aliphatic rings. The fourth-order valence-electron chi connectivity index (χ4n) is 2.40. The van der Waals surface area contributed by atoms with Crippen LogP contribution in [0.3, 0.4) is 0 Å². The Kier molecular flexibility index (Phi) is 4.29. The van der Waals surface area contributed by atoms with Crippen molar-refractivity contribution in [1.29, 1.82) is 0 Å². The number of benzene rings is 2. The van der Waals surface area contributed by atoms with Crippen LogP contribution in [0.2, 0.25) is 5.82 Å². The molecule has 0 unspecified atom stereocenters. The first kappa shape index (κ1) is 13.1. The van der Waals surface area contributed by atoms with Crippen LogP contribution in [0.15, 0.2) is 48.5 Å². The number of hydrogen-bond donors (Lipinski definition) is 0. The Balaban J connectivity index is 0.00000108. The molecule has 2 heteroatoms. The standard InChI is InChI=1S/C15H15Se.HI/c1-16-10-12-6-2-4-8-14(12)15-9-5-3-7-13(15)11-16;/h2-9H,10-11H2,1H3;1H/q+1;/p-1. The largest absolute Gasteiger partial charge is 1.00 e. The molecule has 0 aromatic heterocycles. The van der Waals surface area contributed by atoms with Crippen LogP contribution in [0.5, 0.6) is 0 Å². The molecule has 0 atom stereocenters. The molecule has 0 saturated heterocycles. The van der Waals surface area contributed by atoms with Crippen molar-refractivity contribution in [1.82, 2.24) is 0 Å². The second kappa shape index (κ2) is 5.55. The normalized spacial score (nSPS) is 14.2. The summed E-state index contributed by atoms with van der Waals surface area (Å²) < 4.78 is 0. The SMILES string of the molecule is C[Se+]1Cc2ccccc2-c2ccccc2C1.[I-]. The summed E-state index contributed by atoms with van der Waals surface area (Å²) in [6, 6.07) is 17.8. The average molecular weight is 401 g/mol. The summed E-state index contributed by atoms with van der Waals surface area (Å²) in [5, 5.41) is 2.65. The number of hydrogen-bond acceptors (Lipinski definition) is 0. The van der Waals surface area contributed by atoms with Gasteiger partial charge in [-0.15, -0.1) is 0 Å². The molecule has 0 amide bonds. The van der Waals surface area contributed by atoms with E-state index in [1.54, 1.807) is 11.1 Å². The Morgan fingerprint density at radius 1 is 0.765 bits per heavy atom. The van der Waals surface area contributed by atoms with Gasteiger partial charge in [-0.25, -0.2) is 0 Å². The third kappa shape index (κ3) is 2.59. The van der Waals surface area contributed by atoms with Crippen molar-refractivity contribution in [3.05, 3.63) is 59.7 Å². The van der Waals surface area contributed by atoms with Crippen molar-refractivity contribution in [3.63, 3.8) is 0 Å². The molecule has 0 bridgehead atoms. The zero-order valence-corrected chi connectivity index (χ0v) is 13.7. The minimum Gasteiger partial charge on any atom is -1.00 e. The van der Waals surface area contributed by atoms with Crippen molar-refractivity contribution < 1.29 is 24.0 Å². The van der Waals surface area contributed by atoms with Gasteiger partial charge < -0.3 is 24.0 Å². The molecule has 0 nitrogen and oxygen atoms in total. The maximum Gasteiger partial charge on any atom is -1.00 e. The molecule has 1 aliphatic heterocycles. The zero-order chi connectivity index (χ0) is 11.0. The second-order valence-corrected chi connectivity index (χ2v) is 8.87. The van der Waals surface area contributed by atoms with Crippen molar-refractivity contribution in [3.8, 4) is 11.1 Å². The Hall–Kier alpha value is -0.311. The van der Waals surface area contributed by atoms with Crippen LogP contribution in [-0.4, -0.2) is 13.9 Å². The van der Waals surface area contributed by atoms with Crippen molar-refractivity contribution >= 4 is 13.9 Å². The third-order valence-electron chi connectivity index (χ3n) is 3.13. The minimum absolute atomic E-state index is 0. The van der Waals surface area contributed by atoms with E-state index in [0.717, 1.165) is 0 Å². The maximum atomic E-state index is 2.47. The zero-order valence-electron chi connectivity index (χ0n) is 9.82. The summed E-state index contributed by atoms with van der Waals surface area (Å²) in [5.74, 6) is 2.47. The molecule has 0 fully saturated rings. The summed E-state index contributed by atoms with van der Waals surface area (Å²) in [5.41, 5.74) is 6.04. The van der Waals surface area contributed by atoms with Crippen LogP contribution in [0.4, 0.5) is 0 Å². The van der Waals surface area contributed by atoms with Gasteiger partial charge in [-0.05, 0) is 0 Å². The van der Waals surface area contributed by atoms with Gasteiger partial charge in [0, 0.05) is 0 Å². The van der Waals surface area contributed by atoms with Gasteiger partial charge in [-0.3, -0.25) is 0 Å². The Morgan fingerprint density at radius 3 is 1.65 bits per heavy atom. The van der Waals surface area contributed by atoms with Crippen LogP contribution in [0, 0.1) is 0 Å². The van der Waals surface area contributed by atoms with E-state index >= 15 is 0 Å². The van der Waals surface area contributed by atoms with E-state index in [0.29, 0.717) is 0 Å². The Labute approximate surface area is 124 Å². The molecule has 0 radical (unpaired) electrons. The molecule has 0 saturated carbocycles. The molecule has 0 N–H and O–H groups in total.